The highest BCUT2D eigenvalue weighted by atomic mass is 16.3. The Balaban J connectivity index is 2.38. The molecule has 3 N–H and O–H groups in total. The number of fused-ring (bicyclic) bond motifs is 1. The van der Waals surface area contributed by atoms with Gasteiger partial charge in [0.1, 0.15) is 11.0 Å². The molecule has 0 fully saturated rings. The molecule has 0 saturated heterocycles. The van der Waals surface area contributed by atoms with Gasteiger partial charge in [-0.3, -0.25) is 5.10 Å². The van der Waals surface area contributed by atoms with Crippen molar-refractivity contribution >= 4 is 17.0 Å². The number of aromatic nitrogens is 4. The lowest BCUT2D eigenvalue weighted by molar-refractivity contribution is 0.311. The molecule has 0 spiro atoms. The van der Waals surface area contributed by atoms with Crippen LogP contribution < -0.4 is 5.32 Å². The summed E-state index contributed by atoms with van der Waals surface area (Å²) < 4.78 is 0. The fourth-order valence-corrected chi connectivity index (χ4v) is 1.48. The predicted octanol–water partition coefficient (Wildman–Crippen LogP) is 0.880. The van der Waals surface area contributed by atoms with E-state index in [1.807, 2.05) is 0 Å². The Morgan fingerprint density at radius 1 is 1.50 bits per heavy atom. The van der Waals surface area contributed by atoms with Gasteiger partial charge in [0.2, 0.25) is 5.95 Å². The molecule has 0 aliphatic rings. The third-order valence-electron chi connectivity index (χ3n) is 2.29. The number of nitrogens with one attached hydrogen (secondary N) is 2. The van der Waals surface area contributed by atoms with Crippen molar-refractivity contribution in [1.29, 1.82) is 0 Å². The standard InChI is InChI=1S/C10H15N5O/c1-6(2)8-9-7(14-15-8)5-12-10(13-9)11-3-4-16/h5-6,16H,3-4H2,1-2H3,(H,14,15)(H,11,12,13). The normalized spacial score (nSPS) is 11.2. The topological polar surface area (TPSA) is 86.7 Å². The highest BCUT2D eigenvalue weighted by molar-refractivity contribution is 5.77. The number of nitrogens with zero attached hydrogens (tertiary/aromatic N) is 3. The first-order chi connectivity index (χ1) is 7.72. The lowest BCUT2D eigenvalue weighted by atomic mass is 10.1. The molecule has 0 atom stereocenters. The van der Waals surface area contributed by atoms with Gasteiger partial charge < -0.3 is 10.4 Å². The van der Waals surface area contributed by atoms with E-state index in [1.54, 1.807) is 6.20 Å². The SMILES string of the molecule is CC(C)c1[nH]nc2cnc(NCCO)nc12. The van der Waals surface area contributed by atoms with E-state index in [4.69, 9.17) is 5.11 Å². The van der Waals surface area contributed by atoms with Gasteiger partial charge in [0, 0.05) is 6.54 Å². The number of aromatic amines is 1. The molecule has 0 saturated carbocycles. The van der Waals surface area contributed by atoms with Gasteiger partial charge in [-0.25, -0.2) is 9.97 Å². The summed E-state index contributed by atoms with van der Waals surface area (Å²) in [5, 5.41) is 18.7. The van der Waals surface area contributed by atoms with Crippen molar-refractivity contribution in [2.24, 2.45) is 0 Å². The van der Waals surface area contributed by atoms with E-state index in [0.29, 0.717) is 18.4 Å². The van der Waals surface area contributed by atoms with Crippen LogP contribution in [0.2, 0.25) is 0 Å². The minimum Gasteiger partial charge on any atom is -0.395 e. The Morgan fingerprint density at radius 2 is 2.31 bits per heavy atom. The fraction of sp³-hybridized carbons (Fsp3) is 0.500. The first-order valence-electron chi connectivity index (χ1n) is 5.28. The Morgan fingerprint density at radius 3 is 3.00 bits per heavy atom. The summed E-state index contributed by atoms with van der Waals surface area (Å²) in [5.41, 5.74) is 2.60. The number of rotatable bonds is 4. The quantitative estimate of drug-likeness (QED) is 0.713. The maximum absolute atomic E-state index is 8.71. The molecule has 0 unspecified atom stereocenters. The Kier molecular flexibility index (Phi) is 3.00. The van der Waals surface area contributed by atoms with Crippen LogP contribution in [-0.4, -0.2) is 38.4 Å². The van der Waals surface area contributed by atoms with Gasteiger partial charge in [-0.1, -0.05) is 13.8 Å². The lowest BCUT2D eigenvalue weighted by Crippen LogP contribution is -2.08. The Hall–Kier alpha value is -1.69. The van der Waals surface area contributed by atoms with Gasteiger partial charge in [0.25, 0.3) is 0 Å². The second kappa shape index (κ2) is 4.44. The largest absolute Gasteiger partial charge is 0.395 e. The minimum atomic E-state index is 0.0593. The van der Waals surface area contributed by atoms with Crippen LogP contribution in [0, 0.1) is 0 Å². The molecule has 6 heteroatoms. The summed E-state index contributed by atoms with van der Waals surface area (Å²) in [7, 11) is 0. The van der Waals surface area contributed by atoms with Crippen LogP contribution in [0.25, 0.3) is 11.0 Å². The van der Waals surface area contributed by atoms with E-state index < -0.39 is 0 Å². The number of hydrogen-bond donors (Lipinski definition) is 3. The molecule has 6 nitrogen and oxygen atoms in total. The van der Waals surface area contributed by atoms with Crippen LogP contribution in [0.4, 0.5) is 5.95 Å². The molecular weight excluding hydrogens is 206 g/mol. The fourth-order valence-electron chi connectivity index (χ4n) is 1.48. The van der Waals surface area contributed by atoms with Crippen molar-refractivity contribution < 1.29 is 5.11 Å². The number of aliphatic hydroxyl groups is 1. The van der Waals surface area contributed by atoms with Gasteiger partial charge in [-0.2, -0.15) is 5.10 Å². The van der Waals surface area contributed by atoms with Crippen molar-refractivity contribution in [1.82, 2.24) is 20.2 Å². The summed E-state index contributed by atoms with van der Waals surface area (Å²) >= 11 is 0. The van der Waals surface area contributed by atoms with Crippen molar-refractivity contribution in [3.05, 3.63) is 11.9 Å². The molecule has 86 valence electrons. The molecule has 16 heavy (non-hydrogen) atoms. The van der Waals surface area contributed by atoms with E-state index >= 15 is 0 Å². The molecule has 0 aliphatic heterocycles. The van der Waals surface area contributed by atoms with Crippen LogP contribution in [-0.2, 0) is 0 Å². The van der Waals surface area contributed by atoms with E-state index in [-0.39, 0.29) is 6.61 Å². The zero-order valence-electron chi connectivity index (χ0n) is 9.36. The van der Waals surface area contributed by atoms with E-state index in [9.17, 15) is 0 Å². The van der Waals surface area contributed by atoms with Crippen LogP contribution in [0.1, 0.15) is 25.5 Å². The van der Waals surface area contributed by atoms with Crippen LogP contribution in [0.5, 0.6) is 0 Å². The average Bonchev–Trinajstić information content (AvgIpc) is 2.69. The molecule has 0 aromatic carbocycles. The molecule has 2 heterocycles. The monoisotopic (exact) mass is 221 g/mol. The van der Waals surface area contributed by atoms with Gasteiger partial charge in [0.15, 0.2) is 0 Å². The molecule has 0 radical (unpaired) electrons. The number of aliphatic hydroxyl groups excluding tert-OH is 1. The first-order valence-corrected chi connectivity index (χ1v) is 5.28. The molecule has 0 bridgehead atoms. The van der Waals surface area contributed by atoms with Crippen LogP contribution in [0.15, 0.2) is 6.20 Å². The number of H-pyrrole nitrogens is 1. The number of anilines is 1. The summed E-state index contributed by atoms with van der Waals surface area (Å²) in [4.78, 5) is 8.47. The Bertz CT molecular complexity index is 479. The second-order valence-electron chi connectivity index (χ2n) is 3.87. The molecule has 0 amide bonds. The molecule has 2 aromatic heterocycles. The third-order valence-corrected chi connectivity index (χ3v) is 2.29. The Labute approximate surface area is 93.1 Å². The third kappa shape index (κ3) is 1.96. The van der Waals surface area contributed by atoms with Crippen molar-refractivity contribution in [3.63, 3.8) is 0 Å². The zero-order chi connectivity index (χ0) is 11.5. The maximum atomic E-state index is 8.71. The van der Waals surface area contributed by atoms with Gasteiger partial charge in [0.05, 0.1) is 18.5 Å². The van der Waals surface area contributed by atoms with Gasteiger partial charge in [-0.15, -0.1) is 0 Å². The molecule has 0 aliphatic carbocycles. The summed E-state index contributed by atoms with van der Waals surface area (Å²) in [6, 6.07) is 0. The minimum absolute atomic E-state index is 0.0593. The average molecular weight is 221 g/mol. The van der Waals surface area contributed by atoms with Gasteiger partial charge in [-0.05, 0) is 5.92 Å². The highest BCUT2D eigenvalue weighted by Crippen LogP contribution is 2.20. The number of hydrogen-bond acceptors (Lipinski definition) is 5. The summed E-state index contributed by atoms with van der Waals surface area (Å²) in [6.07, 6.45) is 1.67. The predicted molar refractivity (Wildman–Crippen MR) is 61.3 cm³/mol. The van der Waals surface area contributed by atoms with Crippen molar-refractivity contribution in [2.45, 2.75) is 19.8 Å². The molecular formula is C10H15N5O. The van der Waals surface area contributed by atoms with Crippen molar-refractivity contribution in [2.75, 3.05) is 18.5 Å². The van der Waals surface area contributed by atoms with E-state index in [1.165, 1.54) is 0 Å². The first kappa shape index (κ1) is 10.8. The maximum Gasteiger partial charge on any atom is 0.223 e. The second-order valence-corrected chi connectivity index (χ2v) is 3.87. The zero-order valence-corrected chi connectivity index (χ0v) is 9.36. The molecule has 2 aromatic rings. The van der Waals surface area contributed by atoms with E-state index in [2.05, 4.69) is 39.3 Å². The summed E-state index contributed by atoms with van der Waals surface area (Å²) in [5.74, 6) is 0.857. The van der Waals surface area contributed by atoms with Crippen molar-refractivity contribution in [3.8, 4) is 0 Å². The van der Waals surface area contributed by atoms with Gasteiger partial charge >= 0.3 is 0 Å². The highest BCUT2D eigenvalue weighted by Gasteiger charge is 2.11. The lowest BCUT2D eigenvalue weighted by Gasteiger charge is -2.03. The van der Waals surface area contributed by atoms with Crippen LogP contribution in [0.3, 0.4) is 0 Å². The molecule has 2 rings (SSSR count). The van der Waals surface area contributed by atoms with Crippen LogP contribution >= 0.6 is 0 Å². The smallest absolute Gasteiger partial charge is 0.223 e. The summed E-state index contributed by atoms with van der Waals surface area (Å²) in [6.45, 7) is 4.66. The van der Waals surface area contributed by atoms with E-state index in [0.717, 1.165) is 16.7 Å².